The number of aryl methyl sites for hydroxylation is 1. The molecule has 0 radical (unpaired) electrons. The number of rotatable bonds is 1. The molecule has 0 spiro atoms. The fraction of sp³-hybridized carbons (Fsp3) is 0.250. The molecule has 1 N–H and O–H groups in total. The van der Waals surface area contributed by atoms with Crippen molar-refractivity contribution < 1.29 is 0 Å². The predicted molar refractivity (Wildman–Crippen MR) is 48.3 cm³/mol. The van der Waals surface area contributed by atoms with Crippen LogP contribution in [0.4, 0.5) is 0 Å². The van der Waals surface area contributed by atoms with E-state index >= 15 is 0 Å². The molecule has 0 aromatic carbocycles. The van der Waals surface area contributed by atoms with Crippen LogP contribution in [0.2, 0.25) is 5.15 Å². The minimum Gasteiger partial charge on any atom is -0.357 e. The summed E-state index contributed by atoms with van der Waals surface area (Å²) in [5.74, 6) is 0.784. The van der Waals surface area contributed by atoms with E-state index in [1.807, 2.05) is 19.2 Å². The van der Waals surface area contributed by atoms with Crippen LogP contribution in [0.25, 0.3) is 11.0 Å². The molecule has 3 nitrogen and oxygen atoms in total. The van der Waals surface area contributed by atoms with Gasteiger partial charge in [0.2, 0.25) is 0 Å². The van der Waals surface area contributed by atoms with Gasteiger partial charge in [0.1, 0.15) is 11.3 Å². The van der Waals surface area contributed by atoms with Gasteiger partial charge in [0, 0.05) is 12.6 Å². The summed E-state index contributed by atoms with van der Waals surface area (Å²) in [6, 6.07) is 1.89. The largest absolute Gasteiger partial charge is 0.357 e. The Hall–Kier alpha value is -1.09. The van der Waals surface area contributed by atoms with Gasteiger partial charge in [-0.05, 0) is 6.07 Å². The number of H-pyrrole nitrogens is 1. The minimum atomic E-state index is 0.502. The lowest BCUT2D eigenvalue weighted by Crippen LogP contribution is -1.92. The van der Waals surface area contributed by atoms with E-state index in [4.69, 9.17) is 11.6 Å². The molecule has 0 saturated heterocycles. The van der Waals surface area contributed by atoms with Gasteiger partial charge < -0.3 is 4.98 Å². The highest BCUT2D eigenvalue weighted by atomic mass is 35.5. The molecular formula is C8H8ClN3. The number of halogens is 1. The van der Waals surface area contributed by atoms with Crippen LogP contribution in [0.5, 0.6) is 0 Å². The van der Waals surface area contributed by atoms with Crippen molar-refractivity contribution in [1.29, 1.82) is 0 Å². The monoisotopic (exact) mass is 181 g/mol. The zero-order chi connectivity index (χ0) is 8.55. The standard InChI is InChI=1S/C8H8ClN3/c1-2-6-11-5-3-4-10-7(5)8(9)12-6/h3-4,10H,2H2,1H3. The highest BCUT2D eigenvalue weighted by Crippen LogP contribution is 2.17. The highest BCUT2D eigenvalue weighted by Gasteiger charge is 2.04. The van der Waals surface area contributed by atoms with E-state index in [0.717, 1.165) is 23.3 Å². The molecule has 12 heavy (non-hydrogen) atoms. The smallest absolute Gasteiger partial charge is 0.156 e. The molecule has 2 aromatic rings. The van der Waals surface area contributed by atoms with Crippen LogP contribution in [-0.2, 0) is 6.42 Å². The maximum Gasteiger partial charge on any atom is 0.156 e. The molecule has 2 aromatic heterocycles. The Labute approximate surface area is 74.8 Å². The number of aromatic nitrogens is 3. The molecule has 0 aliphatic heterocycles. The van der Waals surface area contributed by atoms with Crippen LogP contribution in [0, 0.1) is 0 Å². The van der Waals surface area contributed by atoms with Gasteiger partial charge in [0.15, 0.2) is 5.15 Å². The average molecular weight is 182 g/mol. The number of nitrogens with one attached hydrogen (secondary N) is 1. The lowest BCUT2D eigenvalue weighted by molar-refractivity contribution is 0.961. The van der Waals surface area contributed by atoms with Crippen molar-refractivity contribution in [3.8, 4) is 0 Å². The summed E-state index contributed by atoms with van der Waals surface area (Å²) < 4.78 is 0. The van der Waals surface area contributed by atoms with E-state index in [1.165, 1.54) is 0 Å². The van der Waals surface area contributed by atoms with E-state index < -0.39 is 0 Å². The number of hydrogen-bond donors (Lipinski definition) is 1. The molecule has 0 atom stereocenters. The highest BCUT2D eigenvalue weighted by molar-refractivity contribution is 6.33. The molecule has 0 amide bonds. The second kappa shape index (κ2) is 2.75. The Kier molecular flexibility index (Phi) is 1.73. The van der Waals surface area contributed by atoms with E-state index in [0.29, 0.717) is 5.15 Å². The van der Waals surface area contributed by atoms with Gasteiger partial charge in [-0.2, -0.15) is 0 Å². The summed E-state index contributed by atoms with van der Waals surface area (Å²) in [6.45, 7) is 2.00. The Bertz CT molecular complexity index is 408. The van der Waals surface area contributed by atoms with Crippen molar-refractivity contribution in [3.05, 3.63) is 23.2 Å². The maximum atomic E-state index is 5.90. The van der Waals surface area contributed by atoms with Gasteiger partial charge >= 0.3 is 0 Å². The van der Waals surface area contributed by atoms with Gasteiger partial charge in [-0.15, -0.1) is 0 Å². The fourth-order valence-corrected chi connectivity index (χ4v) is 1.36. The average Bonchev–Trinajstić information content (AvgIpc) is 2.52. The van der Waals surface area contributed by atoms with Crippen molar-refractivity contribution in [2.75, 3.05) is 0 Å². The lowest BCUT2D eigenvalue weighted by atomic mass is 10.4. The number of fused-ring (bicyclic) bond motifs is 1. The van der Waals surface area contributed by atoms with Crippen molar-refractivity contribution in [2.24, 2.45) is 0 Å². The van der Waals surface area contributed by atoms with Crippen LogP contribution in [-0.4, -0.2) is 15.0 Å². The molecule has 2 heterocycles. The molecule has 0 saturated carbocycles. The van der Waals surface area contributed by atoms with Gasteiger partial charge in [-0.3, -0.25) is 0 Å². The Morgan fingerprint density at radius 1 is 1.50 bits per heavy atom. The van der Waals surface area contributed by atoms with E-state index in [1.54, 1.807) is 0 Å². The third-order valence-corrected chi connectivity index (χ3v) is 2.00. The third kappa shape index (κ3) is 1.06. The SMILES string of the molecule is CCc1nc(Cl)c2[nH]ccc2n1. The van der Waals surface area contributed by atoms with Crippen LogP contribution in [0.15, 0.2) is 12.3 Å². The lowest BCUT2D eigenvalue weighted by Gasteiger charge is -1.96. The third-order valence-electron chi connectivity index (χ3n) is 1.72. The second-order valence-electron chi connectivity index (χ2n) is 2.52. The van der Waals surface area contributed by atoms with E-state index in [2.05, 4.69) is 15.0 Å². The number of aromatic amines is 1. The van der Waals surface area contributed by atoms with Gasteiger partial charge in [-0.1, -0.05) is 18.5 Å². The van der Waals surface area contributed by atoms with E-state index in [-0.39, 0.29) is 0 Å². The number of nitrogens with zero attached hydrogens (tertiary/aromatic N) is 2. The fourth-order valence-electron chi connectivity index (χ4n) is 1.11. The Morgan fingerprint density at radius 3 is 3.08 bits per heavy atom. The molecule has 0 unspecified atom stereocenters. The Morgan fingerprint density at radius 2 is 2.33 bits per heavy atom. The molecule has 0 fully saturated rings. The molecular weight excluding hydrogens is 174 g/mol. The van der Waals surface area contributed by atoms with Crippen LogP contribution < -0.4 is 0 Å². The summed E-state index contributed by atoms with van der Waals surface area (Å²) in [5.41, 5.74) is 1.70. The summed E-state index contributed by atoms with van der Waals surface area (Å²) in [7, 11) is 0. The quantitative estimate of drug-likeness (QED) is 0.686. The summed E-state index contributed by atoms with van der Waals surface area (Å²) in [4.78, 5) is 11.4. The van der Waals surface area contributed by atoms with E-state index in [9.17, 15) is 0 Å². The van der Waals surface area contributed by atoms with Gasteiger partial charge in [-0.25, -0.2) is 9.97 Å². The number of hydrogen-bond acceptors (Lipinski definition) is 2. The van der Waals surface area contributed by atoms with Crippen LogP contribution in [0.1, 0.15) is 12.7 Å². The maximum absolute atomic E-state index is 5.90. The summed E-state index contributed by atoms with van der Waals surface area (Å²) in [5, 5.41) is 0.502. The predicted octanol–water partition coefficient (Wildman–Crippen LogP) is 2.17. The van der Waals surface area contributed by atoms with Crippen molar-refractivity contribution >= 4 is 22.6 Å². The molecule has 0 aliphatic rings. The molecule has 62 valence electrons. The Balaban J connectivity index is 2.75. The second-order valence-corrected chi connectivity index (χ2v) is 2.88. The van der Waals surface area contributed by atoms with Crippen LogP contribution >= 0.6 is 11.6 Å². The zero-order valence-electron chi connectivity index (χ0n) is 6.63. The van der Waals surface area contributed by atoms with Crippen molar-refractivity contribution in [2.45, 2.75) is 13.3 Å². The minimum absolute atomic E-state index is 0.502. The first-order valence-corrected chi connectivity index (χ1v) is 4.18. The topological polar surface area (TPSA) is 41.6 Å². The van der Waals surface area contributed by atoms with Crippen molar-refractivity contribution in [1.82, 2.24) is 15.0 Å². The molecule has 0 aliphatic carbocycles. The van der Waals surface area contributed by atoms with Crippen molar-refractivity contribution in [3.63, 3.8) is 0 Å². The summed E-state index contributed by atoms with van der Waals surface area (Å²) >= 11 is 5.90. The van der Waals surface area contributed by atoms with Gasteiger partial charge in [0.25, 0.3) is 0 Å². The van der Waals surface area contributed by atoms with Crippen LogP contribution in [0.3, 0.4) is 0 Å². The molecule has 0 bridgehead atoms. The zero-order valence-corrected chi connectivity index (χ0v) is 7.39. The molecule has 2 rings (SSSR count). The first-order valence-electron chi connectivity index (χ1n) is 3.80. The first kappa shape index (κ1) is 7.55. The summed E-state index contributed by atoms with van der Waals surface area (Å²) in [6.07, 6.45) is 2.62. The normalized spacial score (nSPS) is 10.8. The first-order chi connectivity index (χ1) is 5.81. The molecule has 4 heteroatoms. The van der Waals surface area contributed by atoms with Gasteiger partial charge in [0.05, 0.1) is 5.52 Å².